The Balaban J connectivity index is 3.58. The van der Waals surface area contributed by atoms with Crippen LogP contribution in [-0.2, 0) is 0 Å². The van der Waals surface area contributed by atoms with E-state index >= 15 is 0 Å². The van der Waals surface area contributed by atoms with Crippen LogP contribution in [0.3, 0.4) is 0 Å². The molecule has 0 saturated carbocycles. The molecule has 0 bridgehead atoms. The summed E-state index contributed by atoms with van der Waals surface area (Å²) in [6.45, 7) is 12.3. The molecule has 0 N–H and O–H groups in total. The third kappa shape index (κ3) is 24.9. The van der Waals surface area contributed by atoms with Crippen LogP contribution in [0.2, 0.25) is 0 Å². The molecule has 200 valence electrons. The Morgan fingerprint density at radius 1 is 0.394 bits per heavy atom. The van der Waals surface area contributed by atoms with E-state index in [4.69, 9.17) is 0 Å². The van der Waals surface area contributed by atoms with Crippen molar-refractivity contribution in [3.05, 3.63) is 0 Å². The molecule has 2 unspecified atom stereocenters. The minimum absolute atomic E-state index is 0.874. The van der Waals surface area contributed by atoms with Crippen molar-refractivity contribution in [1.29, 1.82) is 0 Å². The lowest BCUT2D eigenvalue weighted by Crippen LogP contribution is -2.45. The summed E-state index contributed by atoms with van der Waals surface area (Å²) in [6, 6.07) is 0. The molecule has 0 fully saturated rings. The van der Waals surface area contributed by atoms with Crippen molar-refractivity contribution in [3.8, 4) is 0 Å². The number of rotatable bonds is 26. The molecule has 0 spiro atoms. The molecule has 1 heteroatoms. The standard InChI is InChI=1S/C32H68N/c1-7-9-11-13-15-16-17-18-19-20-22-24-26-28-32(4)30-33(5,6)29-31(3)27-25-23-21-14-12-10-8-2/h31-32H,7-30H2,1-6H3/q+1. The average Bonchev–Trinajstić information content (AvgIpc) is 2.75. The highest BCUT2D eigenvalue weighted by Gasteiger charge is 2.22. The molecule has 2 atom stereocenters. The van der Waals surface area contributed by atoms with Crippen LogP contribution in [0.1, 0.15) is 169 Å². The minimum atomic E-state index is 0.874. The fourth-order valence-electron chi connectivity index (χ4n) is 5.91. The molecule has 0 aromatic carbocycles. The third-order valence-corrected chi connectivity index (χ3v) is 7.71. The van der Waals surface area contributed by atoms with Gasteiger partial charge in [0.15, 0.2) is 0 Å². The lowest BCUT2D eigenvalue weighted by Gasteiger charge is -2.35. The van der Waals surface area contributed by atoms with Crippen LogP contribution < -0.4 is 0 Å². The largest absolute Gasteiger partial charge is 0.328 e. The van der Waals surface area contributed by atoms with Crippen molar-refractivity contribution in [2.24, 2.45) is 11.8 Å². The minimum Gasteiger partial charge on any atom is -0.328 e. The van der Waals surface area contributed by atoms with Crippen LogP contribution in [0.4, 0.5) is 0 Å². The van der Waals surface area contributed by atoms with Gasteiger partial charge in [0.2, 0.25) is 0 Å². The molecule has 0 rings (SSSR count). The van der Waals surface area contributed by atoms with Gasteiger partial charge in [-0.15, -0.1) is 0 Å². The lowest BCUT2D eigenvalue weighted by molar-refractivity contribution is -0.896. The predicted octanol–water partition coefficient (Wildman–Crippen LogP) is 11.0. The molecule has 0 saturated heterocycles. The fourth-order valence-corrected chi connectivity index (χ4v) is 5.91. The fraction of sp³-hybridized carbons (Fsp3) is 1.00. The van der Waals surface area contributed by atoms with Crippen molar-refractivity contribution in [1.82, 2.24) is 0 Å². The summed E-state index contributed by atoms with van der Waals surface area (Å²) in [4.78, 5) is 0. The quantitative estimate of drug-likeness (QED) is 0.0878. The van der Waals surface area contributed by atoms with Gasteiger partial charge in [0.1, 0.15) is 0 Å². The summed E-state index contributed by atoms with van der Waals surface area (Å²) in [5, 5.41) is 0. The van der Waals surface area contributed by atoms with Gasteiger partial charge in [-0.25, -0.2) is 0 Å². The highest BCUT2D eigenvalue weighted by molar-refractivity contribution is 4.58. The Hall–Kier alpha value is -0.0400. The normalized spacial score (nSPS) is 14.0. The summed E-state index contributed by atoms with van der Waals surface area (Å²) in [5.74, 6) is 1.75. The second kappa shape index (κ2) is 23.7. The molecule has 33 heavy (non-hydrogen) atoms. The summed E-state index contributed by atoms with van der Waals surface area (Å²) in [6.07, 6.45) is 31.9. The SMILES string of the molecule is CCCCCCCCCCCCCCCC(C)C[N+](C)(C)CC(C)CCCCCCCCC. The highest BCUT2D eigenvalue weighted by Crippen LogP contribution is 2.20. The van der Waals surface area contributed by atoms with Crippen LogP contribution in [0.15, 0.2) is 0 Å². The van der Waals surface area contributed by atoms with Crippen molar-refractivity contribution < 1.29 is 4.48 Å². The number of nitrogens with zero attached hydrogens (tertiary/aromatic N) is 1. The third-order valence-electron chi connectivity index (χ3n) is 7.71. The summed E-state index contributed by atoms with van der Waals surface area (Å²) in [7, 11) is 4.95. The molecule has 0 heterocycles. The summed E-state index contributed by atoms with van der Waals surface area (Å²) >= 11 is 0. The van der Waals surface area contributed by atoms with Crippen LogP contribution in [0.5, 0.6) is 0 Å². The average molecular weight is 467 g/mol. The number of unbranched alkanes of at least 4 members (excludes halogenated alkanes) is 18. The second-order valence-corrected chi connectivity index (χ2v) is 12.5. The Morgan fingerprint density at radius 3 is 0.909 bits per heavy atom. The van der Waals surface area contributed by atoms with Crippen LogP contribution in [0.25, 0.3) is 0 Å². The van der Waals surface area contributed by atoms with E-state index in [0.717, 1.165) is 11.8 Å². The maximum absolute atomic E-state index is 2.50. The van der Waals surface area contributed by atoms with Crippen molar-refractivity contribution >= 4 is 0 Å². The number of hydrogen-bond acceptors (Lipinski definition) is 0. The smallest absolute Gasteiger partial charge is 0.0808 e. The van der Waals surface area contributed by atoms with Gasteiger partial charge in [0.05, 0.1) is 27.2 Å². The van der Waals surface area contributed by atoms with Gasteiger partial charge < -0.3 is 4.48 Å². The summed E-state index contributed by atoms with van der Waals surface area (Å²) in [5.41, 5.74) is 0. The Bertz CT molecular complexity index is 375. The van der Waals surface area contributed by atoms with Crippen LogP contribution in [0, 0.1) is 11.8 Å². The maximum Gasteiger partial charge on any atom is 0.0808 e. The molecule has 0 radical (unpaired) electrons. The topological polar surface area (TPSA) is 0 Å². The zero-order chi connectivity index (χ0) is 24.6. The van der Waals surface area contributed by atoms with Gasteiger partial charge in [-0.05, 0) is 12.8 Å². The van der Waals surface area contributed by atoms with Gasteiger partial charge in [0.25, 0.3) is 0 Å². The number of quaternary nitrogens is 1. The maximum atomic E-state index is 2.50. The summed E-state index contributed by atoms with van der Waals surface area (Å²) < 4.78 is 1.22. The van der Waals surface area contributed by atoms with Gasteiger partial charge in [-0.3, -0.25) is 0 Å². The molecule has 1 nitrogen and oxygen atoms in total. The Labute approximate surface area is 212 Å². The molecule has 0 aliphatic rings. The van der Waals surface area contributed by atoms with E-state index in [1.165, 1.54) is 159 Å². The first-order valence-electron chi connectivity index (χ1n) is 15.7. The van der Waals surface area contributed by atoms with Gasteiger partial charge in [-0.2, -0.15) is 0 Å². The first-order chi connectivity index (χ1) is 15.9. The first kappa shape index (κ1) is 33.0. The van der Waals surface area contributed by atoms with E-state index in [0.29, 0.717) is 0 Å². The molecule has 0 aromatic heterocycles. The van der Waals surface area contributed by atoms with E-state index in [1.54, 1.807) is 0 Å². The van der Waals surface area contributed by atoms with Crippen molar-refractivity contribution in [3.63, 3.8) is 0 Å². The number of hydrogen-bond donors (Lipinski definition) is 0. The highest BCUT2D eigenvalue weighted by atomic mass is 15.3. The van der Waals surface area contributed by atoms with E-state index in [1.807, 2.05) is 0 Å². The van der Waals surface area contributed by atoms with Gasteiger partial charge in [0, 0.05) is 11.8 Å². The lowest BCUT2D eigenvalue weighted by atomic mass is 9.98. The van der Waals surface area contributed by atoms with Gasteiger partial charge in [-0.1, -0.05) is 156 Å². The van der Waals surface area contributed by atoms with E-state index < -0.39 is 0 Å². The molecule has 0 amide bonds. The van der Waals surface area contributed by atoms with E-state index in [2.05, 4.69) is 41.8 Å². The van der Waals surface area contributed by atoms with Crippen molar-refractivity contribution in [2.45, 2.75) is 169 Å². The molecule has 0 aromatic rings. The monoisotopic (exact) mass is 467 g/mol. The predicted molar refractivity (Wildman–Crippen MR) is 153 cm³/mol. The van der Waals surface area contributed by atoms with Crippen molar-refractivity contribution in [2.75, 3.05) is 27.2 Å². The zero-order valence-corrected chi connectivity index (χ0v) is 24.6. The molecule has 0 aliphatic carbocycles. The zero-order valence-electron chi connectivity index (χ0n) is 24.6. The van der Waals surface area contributed by atoms with Gasteiger partial charge >= 0.3 is 0 Å². The molecular formula is C32H68N+. The van der Waals surface area contributed by atoms with E-state index in [9.17, 15) is 0 Å². The second-order valence-electron chi connectivity index (χ2n) is 12.5. The van der Waals surface area contributed by atoms with Crippen LogP contribution in [-0.4, -0.2) is 31.7 Å². The molecule has 0 aliphatic heterocycles. The Morgan fingerprint density at radius 2 is 0.636 bits per heavy atom. The Kier molecular flexibility index (Phi) is 23.7. The van der Waals surface area contributed by atoms with E-state index in [-0.39, 0.29) is 0 Å². The van der Waals surface area contributed by atoms with Crippen LogP contribution >= 0.6 is 0 Å². The first-order valence-corrected chi connectivity index (χ1v) is 15.7. The molecular weight excluding hydrogens is 398 g/mol.